The number of anilines is 1. The predicted octanol–water partition coefficient (Wildman–Crippen LogP) is 6.26. The molecule has 0 fully saturated rings. The number of alkyl halides is 6. The average molecular weight is 460 g/mol. The molecule has 146 valence electrons. The largest absolute Gasteiger partial charge is 0.420 e. The molecule has 1 amide bonds. The summed E-state index contributed by atoms with van der Waals surface area (Å²) in [4.78, 5) is 12.9. The Kier molecular flexibility index (Phi) is 5.74. The average Bonchev–Trinajstić information content (AvgIpc) is 2.54. The highest BCUT2D eigenvalue weighted by molar-refractivity contribution is 9.10. The SMILES string of the molecule is CN(C(=O)Oc1c(Br)cc(C(F)(F)F)cc1C(F)(F)F)c1ccc(F)cc1. The fourth-order valence-corrected chi connectivity index (χ4v) is 2.54. The zero-order valence-corrected chi connectivity index (χ0v) is 14.8. The minimum absolute atomic E-state index is 0.0954. The standard InChI is InChI=1S/C16H9BrF7NO2/c1-25(10-4-2-9(18)3-5-10)14(26)27-13-11(16(22,23)24)6-8(7-12(13)17)15(19,20)21/h2-7H,1H3. The fourth-order valence-electron chi connectivity index (χ4n) is 2.00. The molecule has 0 heterocycles. The molecule has 0 radical (unpaired) electrons. The van der Waals surface area contributed by atoms with Crippen LogP contribution in [0.15, 0.2) is 40.9 Å². The van der Waals surface area contributed by atoms with Gasteiger partial charge in [0.15, 0.2) is 5.75 Å². The van der Waals surface area contributed by atoms with Gasteiger partial charge in [-0.3, -0.25) is 4.90 Å². The number of hydrogen-bond donors (Lipinski definition) is 0. The van der Waals surface area contributed by atoms with Gasteiger partial charge in [-0.05, 0) is 52.3 Å². The molecule has 0 saturated carbocycles. The molecular formula is C16H9BrF7NO2. The quantitative estimate of drug-likeness (QED) is 0.496. The van der Waals surface area contributed by atoms with Crippen LogP contribution in [0.3, 0.4) is 0 Å². The van der Waals surface area contributed by atoms with E-state index in [0.717, 1.165) is 24.1 Å². The van der Waals surface area contributed by atoms with Crippen LogP contribution in [0.5, 0.6) is 5.75 Å². The molecule has 2 aromatic carbocycles. The molecule has 0 N–H and O–H groups in total. The molecule has 0 aliphatic rings. The van der Waals surface area contributed by atoms with Crippen molar-refractivity contribution in [3.63, 3.8) is 0 Å². The van der Waals surface area contributed by atoms with Gasteiger partial charge in [0.25, 0.3) is 0 Å². The van der Waals surface area contributed by atoms with Crippen LogP contribution in [0.25, 0.3) is 0 Å². The first-order valence-electron chi connectivity index (χ1n) is 6.99. The lowest BCUT2D eigenvalue weighted by molar-refractivity contribution is -0.143. The normalized spacial score (nSPS) is 12.0. The molecule has 0 unspecified atom stereocenters. The van der Waals surface area contributed by atoms with Crippen molar-refractivity contribution >= 4 is 27.7 Å². The Hall–Kier alpha value is -2.30. The van der Waals surface area contributed by atoms with E-state index in [1.807, 2.05) is 0 Å². The second-order valence-corrected chi connectivity index (χ2v) is 6.09. The van der Waals surface area contributed by atoms with Gasteiger partial charge in [0.2, 0.25) is 0 Å². The number of rotatable bonds is 2. The second-order valence-electron chi connectivity index (χ2n) is 5.23. The highest BCUT2D eigenvalue weighted by Gasteiger charge is 2.41. The van der Waals surface area contributed by atoms with Crippen LogP contribution in [0.2, 0.25) is 0 Å². The van der Waals surface area contributed by atoms with Gasteiger partial charge in [-0.2, -0.15) is 26.3 Å². The topological polar surface area (TPSA) is 29.5 Å². The minimum atomic E-state index is -5.21. The van der Waals surface area contributed by atoms with Crippen LogP contribution in [-0.4, -0.2) is 13.1 Å². The van der Waals surface area contributed by atoms with Gasteiger partial charge in [0.05, 0.1) is 10.0 Å². The summed E-state index contributed by atoms with van der Waals surface area (Å²) in [5.41, 5.74) is -3.24. The van der Waals surface area contributed by atoms with Crippen molar-refractivity contribution in [2.24, 2.45) is 0 Å². The van der Waals surface area contributed by atoms with Crippen LogP contribution in [0.4, 0.5) is 41.2 Å². The lowest BCUT2D eigenvalue weighted by atomic mass is 10.1. The summed E-state index contributed by atoms with van der Waals surface area (Å²) in [6, 6.07) is 4.58. The van der Waals surface area contributed by atoms with Gasteiger partial charge in [-0.1, -0.05) is 0 Å². The zero-order valence-electron chi connectivity index (χ0n) is 13.3. The maximum atomic E-state index is 13.2. The molecule has 0 bridgehead atoms. The predicted molar refractivity (Wildman–Crippen MR) is 85.0 cm³/mol. The van der Waals surface area contributed by atoms with Gasteiger partial charge in [-0.25, -0.2) is 9.18 Å². The van der Waals surface area contributed by atoms with Crippen molar-refractivity contribution < 1.29 is 40.3 Å². The van der Waals surface area contributed by atoms with E-state index in [2.05, 4.69) is 20.7 Å². The van der Waals surface area contributed by atoms with E-state index in [0.29, 0.717) is 6.07 Å². The minimum Gasteiger partial charge on any atom is -0.408 e. The van der Waals surface area contributed by atoms with Gasteiger partial charge in [0.1, 0.15) is 11.4 Å². The van der Waals surface area contributed by atoms with Crippen LogP contribution in [0, 0.1) is 5.82 Å². The van der Waals surface area contributed by atoms with Crippen molar-refractivity contribution in [3.05, 3.63) is 57.8 Å². The van der Waals surface area contributed by atoms with Crippen molar-refractivity contribution in [2.75, 3.05) is 11.9 Å². The molecule has 0 aliphatic heterocycles. The highest BCUT2D eigenvalue weighted by atomic mass is 79.9. The fraction of sp³-hybridized carbons (Fsp3) is 0.188. The molecule has 2 aromatic rings. The molecule has 0 saturated heterocycles. The Morgan fingerprint density at radius 2 is 1.56 bits per heavy atom. The Morgan fingerprint density at radius 1 is 1.00 bits per heavy atom. The Balaban J connectivity index is 2.42. The molecule has 27 heavy (non-hydrogen) atoms. The summed E-state index contributed by atoms with van der Waals surface area (Å²) >= 11 is 2.58. The van der Waals surface area contributed by atoms with E-state index < -0.39 is 45.6 Å². The number of ether oxygens (including phenoxy) is 1. The molecule has 2 rings (SSSR count). The summed E-state index contributed by atoms with van der Waals surface area (Å²) in [6.45, 7) is 0. The first-order chi connectivity index (χ1) is 12.3. The van der Waals surface area contributed by atoms with Crippen LogP contribution < -0.4 is 9.64 Å². The molecule has 0 aliphatic carbocycles. The van der Waals surface area contributed by atoms with Crippen LogP contribution >= 0.6 is 15.9 Å². The number of benzene rings is 2. The van der Waals surface area contributed by atoms with E-state index in [1.54, 1.807) is 0 Å². The summed E-state index contributed by atoms with van der Waals surface area (Å²) < 4.78 is 94.8. The van der Waals surface area contributed by atoms with E-state index >= 15 is 0 Å². The third-order valence-corrected chi connectivity index (χ3v) is 3.94. The number of halogens is 8. The van der Waals surface area contributed by atoms with Crippen molar-refractivity contribution in [2.45, 2.75) is 12.4 Å². The third-order valence-electron chi connectivity index (χ3n) is 3.35. The summed E-state index contributed by atoms with van der Waals surface area (Å²) in [7, 11) is 1.14. The van der Waals surface area contributed by atoms with Gasteiger partial charge in [-0.15, -0.1) is 0 Å². The maximum Gasteiger partial charge on any atom is 0.420 e. The summed E-state index contributed by atoms with van der Waals surface area (Å²) in [5, 5.41) is 0. The number of nitrogens with zero attached hydrogens (tertiary/aromatic N) is 1. The number of hydrogen-bond acceptors (Lipinski definition) is 2. The van der Waals surface area contributed by atoms with Gasteiger partial charge < -0.3 is 4.74 Å². The molecule has 3 nitrogen and oxygen atoms in total. The van der Waals surface area contributed by atoms with E-state index in [-0.39, 0.29) is 11.8 Å². The van der Waals surface area contributed by atoms with Crippen LogP contribution in [-0.2, 0) is 12.4 Å². The molecular weight excluding hydrogens is 451 g/mol. The maximum absolute atomic E-state index is 13.2. The first kappa shape index (κ1) is 21.0. The smallest absolute Gasteiger partial charge is 0.408 e. The monoisotopic (exact) mass is 459 g/mol. The molecule has 0 aromatic heterocycles. The second kappa shape index (κ2) is 7.37. The molecule has 11 heteroatoms. The number of carbonyl (C=O) groups is 1. The Bertz CT molecular complexity index is 848. The van der Waals surface area contributed by atoms with Crippen molar-refractivity contribution in [1.29, 1.82) is 0 Å². The highest BCUT2D eigenvalue weighted by Crippen LogP contribution is 2.44. The zero-order chi connectivity index (χ0) is 20.6. The van der Waals surface area contributed by atoms with Gasteiger partial charge in [0, 0.05) is 12.7 Å². The van der Waals surface area contributed by atoms with Gasteiger partial charge >= 0.3 is 18.4 Å². The molecule has 0 spiro atoms. The van der Waals surface area contributed by atoms with Crippen molar-refractivity contribution in [3.8, 4) is 5.75 Å². The first-order valence-corrected chi connectivity index (χ1v) is 7.79. The van der Waals surface area contributed by atoms with E-state index in [9.17, 15) is 35.5 Å². The lowest BCUT2D eigenvalue weighted by Crippen LogP contribution is -2.30. The summed E-state index contributed by atoms with van der Waals surface area (Å²) in [6.07, 6.45) is -11.6. The lowest BCUT2D eigenvalue weighted by Gasteiger charge is -2.21. The van der Waals surface area contributed by atoms with Crippen molar-refractivity contribution in [1.82, 2.24) is 0 Å². The Morgan fingerprint density at radius 3 is 2.04 bits per heavy atom. The molecule has 0 atom stereocenters. The summed E-state index contributed by atoms with van der Waals surface area (Å²) in [5.74, 6) is -1.72. The number of carbonyl (C=O) groups excluding carboxylic acids is 1. The van der Waals surface area contributed by atoms with E-state index in [1.165, 1.54) is 12.1 Å². The number of amides is 1. The Labute approximate surface area is 156 Å². The third kappa shape index (κ3) is 4.90. The van der Waals surface area contributed by atoms with E-state index in [4.69, 9.17) is 0 Å². The van der Waals surface area contributed by atoms with Crippen LogP contribution in [0.1, 0.15) is 11.1 Å².